The zero-order valence-electron chi connectivity index (χ0n) is 13.4. The SMILES string of the molecule is Cc1ccc(NC(=O)Cn2c(C)nc3onc(C)c3c2=O)c(Cl)c1. The highest BCUT2D eigenvalue weighted by Crippen LogP contribution is 2.22. The van der Waals surface area contributed by atoms with Crippen LogP contribution in [0, 0.1) is 20.8 Å². The zero-order valence-corrected chi connectivity index (χ0v) is 14.1. The van der Waals surface area contributed by atoms with E-state index in [2.05, 4.69) is 15.5 Å². The van der Waals surface area contributed by atoms with Crippen molar-refractivity contribution < 1.29 is 9.32 Å². The van der Waals surface area contributed by atoms with E-state index in [1.807, 2.05) is 13.0 Å². The van der Waals surface area contributed by atoms with Crippen molar-refractivity contribution in [2.24, 2.45) is 0 Å². The van der Waals surface area contributed by atoms with Gasteiger partial charge in [-0.15, -0.1) is 0 Å². The molecule has 124 valence electrons. The lowest BCUT2D eigenvalue weighted by atomic mass is 10.2. The number of anilines is 1. The minimum Gasteiger partial charge on any atom is -0.335 e. The minimum atomic E-state index is -0.374. The molecule has 8 heteroatoms. The molecule has 0 saturated carbocycles. The van der Waals surface area contributed by atoms with Gasteiger partial charge in [0.15, 0.2) is 0 Å². The van der Waals surface area contributed by atoms with Crippen LogP contribution < -0.4 is 10.9 Å². The zero-order chi connectivity index (χ0) is 17.4. The second kappa shape index (κ2) is 6.09. The van der Waals surface area contributed by atoms with Gasteiger partial charge in [0.2, 0.25) is 5.91 Å². The van der Waals surface area contributed by atoms with Crippen molar-refractivity contribution in [1.29, 1.82) is 0 Å². The van der Waals surface area contributed by atoms with Crippen molar-refractivity contribution in [2.45, 2.75) is 27.3 Å². The molecule has 2 heterocycles. The molecule has 0 bridgehead atoms. The van der Waals surface area contributed by atoms with Gasteiger partial charge in [-0.05, 0) is 38.5 Å². The van der Waals surface area contributed by atoms with Crippen LogP contribution in [0.15, 0.2) is 27.5 Å². The Kier molecular flexibility index (Phi) is 4.11. The molecule has 1 amide bonds. The average Bonchev–Trinajstić information content (AvgIpc) is 2.87. The van der Waals surface area contributed by atoms with E-state index >= 15 is 0 Å². The van der Waals surface area contributed by atoms with Gasteiger partial charge in [-0.3, -0.25) is 14.2 Å². The molecule has 0 aliphatic carbocycles. The highest BCUT2D eigenvalue weighted by molar-refractivity contribution is 6.33. The predicted molar refractivity (Wildman–Crippen MR) is 90.4 cm³/mol. The van der Waals surface area contributed by atoms with Gasteiger partial charge < -0.3 is 9.84 Å². The van der Waals surface area contributed by atoms with Gasteiger partial charge in [-0.2, -0.15) is 4.98 Å². The Balaban J connectivity index is 1.90. The van der Waals surface area contributed by atoms with Crippen LogP contribution >= 0.6 is 11.6 Å². The van der Waals surface area contributed by atoms with Crippen molar-refractivity contribution >= 4 is 34.3 Å². The van der Waals surface area contributed by atoms with Crippen LogP contribution in [0.3, 0.4) is 0 Å². The van der Waals surface area contributed by atoms with E-state index in [-0.39, 0.29) is 29.1 Å². The number of aryl methyl sites for hydroxylation is 3. The molecule has 0 saturated heterocycles. The fourth-order valence-corrected chi connectivity index (χ4v) is 2.69. The molecule has 3 aromatic rings. The molecule has 7 nitrogen and oxygen atoms in total. The summed E-state index contributed by atoms with van der Waals surface area (Å²) in [6.45, 7) is 5.01. The van der Waals surface area contributed by atoms with Crippen molar-refractivity contribution in [3.8, 4) is 0 Å². The normalized spacial score (nSPS) is 11.0. The Morgan fingerprint density at radius 3 is 2.79 bits per heavy atom. The third-order valence-corrected chi connectivity index (χ3v) is 3.97. The molecule has 0 radical (unpaired) electrons. The number of aromatic nitrogens is 3. The van der Waals surface area contributed by atoms with Crippen LogP contribution in [0.1, 0.15) is 17.1 Å². The Morgan fingerprint density at radius 2 is 2.08 bits per heavy atom. The van der Waals surface area contributed by atoms with E-state index in [0.29, 0.717) is 22.2 Å². The lowest BCUT2D eigenvalue weighted by Crippen LogP contribution is -2.30. The van der Waals surface area contributed by atoms with Crippen LogP contribution in [0.2, 0.25) is 5.02 Å². The third-order valence-electron chi connectivity index (χ3n) is 3.66. The third kappa shape index (κ3) is 2.90. The number of nitrogens with zero attached hydrogens (tertiary/aromatic N) is 3. The Hall–Kier alpha value is -2.67. The first-order chi connectivity index (χ1) is 11.4. The topological polar surface area (TPSA) is 90.0 Å². The summed E-state index contributed by atoms with van der Waals surface area (Å²) in [7, 11) is 0. The van der Waals surface area contributed by atoms with Crippen LogP contribution in [-0.4, -0.2) is 20.6 Å². The number of hydrogen-bond donors (Lipinski definition) is 1. The molecule has 0 atom stereocenters. The Labute approximate surface area is 142 Å². The van der Waals surface area contributed by atoms with Gasteiger partial charge in [0.05, 0.1) is 16.4 Å². The number of carbonyl (C=O) groups is 1. The molecule has 0 fully saturated rings. The summed E-state index contributed by atoms with van der Waals surface area (Å²) in [5.74, 6) is -0.00462. The molecule has 3 rings (SSSR count). The quantitative estimate of drug-likeness (QED) is 0.787. The van der Waals surface area contributed by atoms with Crippen LogP contribution in [0.25, 0.3) is 11.1 Å². The largest absolute Gasteiger partial charge is 0.335 e. The second-order valence-corrected chi connectivity index (χ2v) is 5.94. The van der Waals surface area contributed by atoms with E-state index in [0.717, 1.165) is 5.56 Å². The van der Waals surface area contributed by atoms with E-state index in [1.54, 1.807) is 26.0 Å². The first kappa shape index (κ1) is 16.2. The maximum Gasteiger partial charge on any atom is 0.267 e. The van der Waals surface area contributed by atoms with Crippen LogP contribution in [-0.2, 0) is 11.3 Å². The van der Waals surface area contributed by atoms with Crippen LogP contribution in [0.4, 0.5) is 5.69 Å². The van der Waals surface area contributed by atoms with Gasteiger partial charge in [0, 0.05) is 0 Å². The molecule has 24 heavy (non-hydrogen) atoms. The maximum atomic E-state index is 12.5. The number of amides is 1. The highest BCUT2D eigenvalue weighted by atomic mass is 35.5. The number of hydrogen-bond acceptors (Lipinski definition) is 5. The van der Waals surface area contributed by atoms with Gasteiger partial charge in [-0.25, -0.2) is 0 Å². The summed E-state index contributed by atoms with van der Waals surface area (Å²) in [6, 6.07) is 5.31. The number of fused-ring (bicyclic) bond motifs is 1. The highest BCUT2D eigenvalue weighted by Gasteiger charge is 2.17. The summed E-state index contributed by atoms with van der Waals surface area (Å²) < 4.78 is 6.28. The molecule has 0 aliphatic heterocycles. The lowest BCUT2D eigenvalue weighted by molar-refractivity contribution is -0.116. The fourth-order valence-electron chi connectivity index (χ4n) is 2.41. The van der Waals surface area contributed by atoms with Crippen molar-refractivity contribution in [2.75, 3.05) is 5.32 Å². The summed E-state index contributed by atoms with van der Waals surface area (Å²) in [5.41, 5.74) is 1.74. The number of halogens is 1. The first-order valence-corrected chi connectivity index (χ1v) is 7.64. The van der Waals surface area contributed by atoms with Crippen LogP contribution in [0.5, 0.6) is 0 Å². The number of rotatable bonds is 3. The molecule has 0 spiro atoms. The molecule has 0 aliphatic rings. The van der Waals surface area contributed by atoms with E-state index in [9.17, 15) is 9.59 Å². The first-order valence-electron chi connectivity index (χ1n) is 7.26. The fraction of sp³-hybridized carbons (Fsp3) is 0.250. The summed E-state index contributed by atoms with van der Waals surface area (Å²) in [6.07, 6.45) is 0. The van der Waals surface area contributed by atoms with E-state index in [1.165, 1.54) is 4.57 Å². The molecule has 1 aromatic carbocycles. The van der Waals surface area contributed by atoms with Gasteiger partial charge >= 0.3 is 0 Å². The van der Waals surface area contributed by atoms with Crippen molar-refractivity contribution in [1.82, 2.24) is 14.7 Å². The molecule has 2 aromatic heterocycles. The molecule has 1 N–H and O–H groups in total. The van der Waals surface area contributed by atoms with Crippen molar-refractivity contribution in [3.63, 3.8) is 0 Å². The smallest absolute Gasteiger partial charge is 0.267 e. The summed E-state index contributed by atoms with van der Waals surface area (Å²) in [5, 5.41) is 7.16. The second-order valence-electron chi connectivity index (χ2n) is 5.53. The van der Waals surface area contributed by atoms with Gasteiger partial charge in [-0.1, -0.05) is 22.8 Å². The number of carbonyl (C=O) groups excluding carboxylic acids is 1. The van der Waals surface area contributed by atoms with Crippen molar-refractivity contribution in [3.05, 3.63) is 50.7 Å². The summed E-state index contributed by atoms with van der Waals surface area (Å²) >= 11 is 6.11. The maximum absolute atomic E-state index is 12.5. The average molecular weight is 347 g/mol. The predicted octanol–water partition coefficient (Wildman–Crippen LogP) is 2.60. The van der Waals surface area contributed by atoms with Gasteiger partial charge in [0.1, 0.15) is 17.8 Å². The molecular formula is C16H15ClN4O3. The monoisotopic (exact) mass is 346 g/mol. The standard InChI is InChI=1S/C16H15ClN4O3/c1-8-4-5-12(11(17)6-8)19-13(22)7-21-10(3)18-15-14(16(21)23)9(2)20-24-15/h4-6H,7H2,1-3H3,(H,19,22). The number of benzene rings is 1. The summed E-state index contributed by atoms with van der Waals surface area (Å²) in [4.78, 5) is 29.0. The number of nitrogens with one attached hydrogen (secondary N) is 1. The Bertz CT molecular complexity index is 1010. The van der Waals surface area contributed by atoms with E-state index in [4.69, 9.17) is 16.1 Å². The Morgan fingerprint density at radius 1 is 1.33 bits per heavy atom. The minimum absolute atomic E-state index is 0.174. The molecule has 0 unspecified atom stereocenters. The molecular weight excluding hydrogens is 332 g/mol. The van der Waals surface area contributed by atoms with Gasteiger partial charge in [0.25, 0.3) is 11.3 Å². The lowest BCUT2D eigenvalue weighted by Gasteiger charge is -2.11. The van der Waals surface area contributed by atoms with E-state index < -0.39 is 0 Å².